The summed E-state index contributed by atoms with van der Waals surface area (Å²) < 4.78 is 41.3. The van der Waals surface area contributed by atoms with E-state index in [0.717, 1.165) is 37.1 Å². The number of aromatic amines is 1. The van der Waals surface area contributed by atoms with Gasteiger partial charge in [-0.3, -0.25) is 9.59 Å². The van der Waals surface area contributed by atoms with E-state index in [4.69, 9.17) is 0 Å². The Bertz CT molecular complexity index is 1450. The number of thiophene rings is 1. The van der Waals surface area contributed by atoms with Gasteiger partial charge in [0.05, 0.1) is 27.3 Å². The molecule has 4 aromatic rings. The van der Waals surface area contributed by atoms with Crippen LogP contribution in [0.2, 0.25) is 0 Å². The molecule has 5 rings (SSSR count). The molecule has 1 aliphatic rings. The first-order valence-electron chi connectivity index (χ1n) is 11.8. The van der Waals surface area contributed by atoms with Crippen molar-refractivity contribution in [2.24, 2.45) is 5.92 Å². The van der Waals surface area contributed by atoms with E-state index in [1.807, 2.05) is 18.2 Å². The Morgan fingerprint density at radius 1 is 1.11 bits per heavy atom. The number of rotatable bonds is 6. The molecular formula is C26H23F3N4O2S2. The number of thioether (sulfide) groups is 1. The maximum absolute atomic E-state index is 13.8. The van der Waals surface area contributed by atoms with Crippen molar-refractivity contribution in [2.75, 3.05) is 18.8 Å². The van der Waals surface area contributed by atoms with Crippen molar-refractivity contribution >= 4 is 40.0 Å². The zero-order valence-corrected chi connectivity index (χ0v) is 21.3. The minimum absolute atomic E-state index is 0.0224. The number of halogens is 3. The highest BCUT2D eigenvalue weighted by Gasteiger charge is 2.35. The molecule has 1 fully saturated rings. The van der Waals surface area contributed by atoms with Crippen LogP contribution in [0, 0.1) is 5.92 Å². The van der Waals surface area contributed by atoms with Crippen molar-refractivity contribution < 1.29 is 18.0 Å². The number of hydrogen-bond donors (Lipinski definition) is 1. The quantitative estimate of drug-likeness (QED) is 0.251. The van der Waals surface area contributed by atoms with Gasteiger partial charge in [0.15, 0.2) is 10.8 Å². The third kappa shape index (κ3) is 5.88. The molecule has 11 heteroatoms. The monoisotopic (exact) mass is 544 g/mol. The first kappa shape index (κ1) is 25.5. The van der Waals surface area contributed by atoms with E-state index in [1.165, 1.54) is 16.9 Å². The van der Waals surface area contributed by atoms with Crippen LogP contribution in [0.3, 0.4) is 0 Å². The van der Waals surface area contributed by atoms with Crippen LogP contribution in [-0.4, -0.2) is 44.6 Å². The van der Waals surface area contributed by atoms with Crippen molar-refractivity contribution in [3.63, 3.8) is 0 Å². The van der Waals surface area contributed by atoms with Crippen LogP contribution in [0.5, 0.6) is 0 Å². The lowest BCUT2D eigenvalue weighted by atomic mass is 9.90. The largest absolute Gasteiger partial charge is 0.417 e. The summed E-state index contributed by atoms with van der Waals surface area (Å²) >= 11 is 2.24. The molecule has 0 aliphatic carbocycles. The van der Waals surface area contributed by atoms with E-state index in [0.29, 0.717) is 23.9 Å². The summed E-state index contributed by atoms with van der Waals surface area (Å²) in [5.74, 6) is 0.445. The molecule has 37 heavy (non-hydrogen) atoms. The summed E-state index contributed by atoms with van der Waals surface area (Å²) in [7, 11) is 0. The Morgan fingerprint density at radius 2 is 1.86 bits per heavy atom. The summed E-state index contributed by atoms with van der Waals surface area (Å²) in [6.07, 6.45) is -1.95. The van der Waals surface area contributed by atoms with Crippen LogP contribution < -0.4 is 5.56 Å². The zero-order valence-electron chi connectivity index (χ0n) is 19.6. The number of amides is 1. The lowest BCUT2D eigenvalue weighted by Crippen LogP contribution is -2.39. The van der Waals surface area contributed by atoms with Gasteiger partial charge in [0, 0.05) is 13.1 Å². The van der Waals surface area contributed by atoms with Gasteiger partial charge in [-0.1, -0.05) is 48.2 Å². The van der Waals surface area contributed by atoms with E-state index in [2.05, 4.69) is 27.1 Å². The average molecular weight is 545 g/mol. The Morgan fingerprint density at radius 3 is 2.54 bits per heavy atom. The van der Waals surface area contributed by atoms with Gasteiger partial charge in [-0.15, -0.1) is 11.3 Å². The standard InChI is InChI=1S/C26H23F3N4O2S2/c27-26(28,29)18-14-19(20-7-4-12-36-20)30-23-22(18)24(35)32-25(31-23)37-15-21(34)33-10-8-17(9-11-33)13-16-5-2-1-3-6-16/h1-7,12,14,17H,8-11,13,15H2,(H,30,31,32,35). The van der Waals surface area contributed by atoms with E-state index in [-0.39, 0.29) is 28.2 Å². The van der Waals surface area contributed by atoms with Gasteiger partial charge in [-0.25, -0.2) is 9.97 Å². The van der Waals surface area contributed by atoms with Crippen molar-refractivity contribution in [1.29, 1.82) is 0 Å². The lowest BCUT2D eigenvalue weighted by Gasteiger charge is -2.32. The third-order valence-corrected chi connectivity index (χ3v) is 8.15. The molecule has 192 valence electrons. The molecule has 1 N–H and O–H groups in total. The summed E-state index contributed by atoms with van der Waals surface area (Å²) in [6, 6.07) is 14.5. The number of carbonyl (C=O) groups is 1. The van der Waals surface area contributed by atoms with E-state index < -0.39 is 22.7 Å². The lowest BCUT2D eigenvalue weighted by molar-refractivity contribution is -0.136. The molecule has 1 saturated heterocycles. The summed E-state index contributed by atoms with van der Waals surface area (Å²) in [5.41, 5.74) is -0.921. The second-order valence-electron chi connectivity index (χ2n) is 8.90. The highest BCUT2D eigenvalue weighted by Crippen LogP contribution is 2.36. The molecule has 0 radical (unpaired) electrons. The predicted octanol–water partition coefficient (Wildman–Crippen LogP) is 5.64. The second-order valence-corrected chi connectivity index (χ2v) is 10.8. The molecule has 1 amide bonds. The Kier molecular flexibility index (Phi) is 7.34. The molecule has 0 saturated carbocycles. The van der Waals surface area contributed by atoms with Crippen LogP contribution in [-0.2, 0) is 17.4 Å². The highest BCUT2D eigenvalue weighted by molar-refractivity contribution is 7.99. The summed E-state index contributed by atoms with van der Waals surface area (Å²) in [4.78, 5) is 38.6. The molecule has 6 nitrogen and oxygen atoms in total. The van der Waals surface area contributed by atoms with Crippen LogP contribution in [0.1, 0.15) is 24.0 Å². The predicted molar refractivity (Wildman–Crippen MR) is 139 cm³/mol. The molecule has 1 aliphatic heterocycles. The number of hydrogen-bond acceptors (Lipinski definition) is 6. The molecular weight excluding hydrogens is 521 g/mol. The number of likely N-dealkylation sites (tertiary alicyclic amines) is 1. The van der Waals surface area contributed by atoms with Gasteiger partial charge in [-0.2, -0.15) is 13.2 Å². The van der Waals surface area contributed by atoms with Gasteiger partial charge in [0.25, 0.3) is 5.56 Å². The number of piperidine rings is 1. The van der Waals surface area contributed by atoms with Gasteiger partial charge in [0.2, 0.25) is 5.91 Å². The van der Waals surface area contributed by atoms with Gasteiger partial charge >= 0.3 is 6.18 Å². The number of nitrogens with one attached hydrogen (secondary N) is 1. The first-order valence-corrected chi connectivity index (χ1v) is 13.6. The minimum atomic E-state index is -4.75. The smallest absolute Gasteiger partial charge is 0.342 e. The van der Waals surface area contributed by atoms with E-state index >= 15 is 0 Å². The van der Waals surface area contributed by atoms with Crippen molar-refractivity contribution in [1.82, 2.24) is 19.9 Å². The maximum Gasteiger partial charge on any atom is 0.417 e. The van der Waals surface area contributed by atoms with Gasteiger partial charge in [-0.05, 0) is 48.3 Å². The normalized spacial score (nSPS) is 14.8. The zero-order chi connectivity index (χ0) is 26.0. The topological polar surface area (TPSA) is 79.0 Å². The van der Waals surface area contributed by atoms with Crippen molar-refractivity contribution in [2.45, 2.75) is 30.6 Å². The Balaban J connectivity index is 1.29. The third-order valence-electron chi connectivity index (χ3n) is 6.40. The fourth-order valence-electron chi connectivity index (χ4n) is 4.52. The van der Waals surface area contributed by atoms with Crippen molar-refractivity contribution in [3.05, 3.63) is 75.4 Å². The van der Waals surface area contributed by atoms with Crippen LogP contribution in [0.4, 0.5) is 13.2 Å². The van der Waals surface area contributed by atoms with Crippen LogP contribution in [0.15, 0.2) is 63.9 Å². The Labute approximate surface area is 219 Å². The fourth-order valence-corrected chi connectivity index (χ4v) is 5.96. The van der Waals surface area contributed by atoms with Crippen LogP contribution in [0.25, 0.3) is 21.6 Å². The number of alkyl halides is 3. The molecule has 4 heterocycles. The maximum atomic E-state index is 13.8. The highest BCUT2D eigenvalue weighted by atomic mass is 32.2. The average Bonchev–Trinajstić information content (AvgIpc) is 3.42. The SMILES string of the molecule is O=C(CSc1nc2nc(-c3cccs3)cc(C(F)(F)F)c2c(=O)[nH]1)N1CCC(Cc2ccccc2)CC1. The molecule has 0 unspecified atom stereocenters. The number of H-pyrrole nitrogens is 1. The fraction of sp³-hybridized carbons (Fsp3) is 0.308. The summed E-state index contributed by atoms with van der Waals surface area (Å²) in [6.45, 7) is 1.30. The van der Waals surface area contributed by atoms with E-state index in [9.17, 15) is 22.8 Å². The number of nitrogens with zero attached hydrogens (tertiary/aromatic N) is 3. The first-order chi connectivity index (χ1) is 17.8. The van der Waals surface area contributed by atoms with Gasteiger partial charge in [0.1, 0.15) is 0 Å². The number of aromatic nitrogens is 3. The number of fused-ring (bicyclic) bond motifs is 1. The minimum Gasteiger partial charge on any atom is -0.342 e. The second kappa shape index (κ2) is 10.7. The number of carbonyl (C=O) groups excluding carboxylic acids is 1. The van der Waals surface area contributed by atoms with Crippen LogP contribution >= 0.6 is 23.1 Å². The molecule has 0 atom stereocenters. The van der Waals surface area contributed by atoms with Gasteiger partial charge < -0.3 is 9.88 Å². The summed E-state index contributed by atoms with van der Waals surface area (Å²) in [5, 5.41) is 1.19. The Hall–Kier alpha value is -3.18. The van der Waals surface area contributed by atoms with Crippen molar-refractivity contribution in [3.8, 4) is 10.6 Å². The number of pyridine rings is 1. The van der Waals surface area contributed by atoms with E-state index in [1.54, 1.807) is 22.4 Å². The molecule has 0 bridgehead atoms. The number of benzene rings is 1. The molecule has 3 aromatic heterocycles. The molecule has 0 spiro atoms. The molecule has 1 aromatic carbocycles.